The number of nitrogens with zero attached hydrogens (tertiary/aromatic N) is 2. The number of benzene rings is 2. The molecule has 4 nitrogen and oxygen atoms in total. The number of allylic oxidation sites excluding steroid dienone is 3. The highest BCUT2D eigenvalue weighted by atomic mass is 32.2. The minimum atomic E-state index is -0.233. The van der Waals surface area contributed by atoms with Gasteiger partial charge in [0.2, 0.25) is 5.78 Å². The molecule has 118 valence electrons. The number of hydrogen-bond acceptors (Lipinski definition) is 5. The molecule has 1 aliphatic carbocycles. The average molecular weight is 342 g/mol. The molecule has 0 aromatic heterocycles. The van der Waals surface area contributed by atoms with Crippen LogP contribution < -0.4 is 4.74 Å². The molecular weight excluding hydrogens is 332 g/mol. The molecule has 2 aromatic rings. The van der Waals surface area contributed by atoms with Gasteiger partial charge in [-0.05, 0) is 30.2 Å². The van der Waals surface area contributed by atoms with Crippen LogP contribution in [-0.4, -0.2) is 5.78 Å². The van der Waals surface area contributed by atoms with Gasteiger partial charge in [-0.15, -0.1) is 0 Å². The van der Waals surface area contributed by atoms with Gasteiger partial charge in [0, 0.05) is 11.1 Å². The number of rotatable bonds is 0. The van der Waals surface area contributed by atoms with E-state index in [9.17, 15) is 15.3 Å². The van der Waals surface area contributed by atoms with Crippen LogP contribution in [-0.2, 0) is 0 Å². The summed E-state index contributed by atoms with van der Waals surface area (Å²) in [7, 11) is 0. The monoisotopic (exact) mass is 342 g/mol. The number of hydrogen-bond donors (Lipinski definition) is 0. The number of ether oxygens (including phenoxy) is 1. The maximum absolute atomic E-state index is 12.9. The number of fused-ring (bicyclic) bond motifs is 2. The maximum Gasteiger partial charge on any atom is 0.230 e. The van der Waals surface area contributed by atoms with E-state index in [1.54, 1.807) is 24.3 Å². The fraction of sp³-hybridized carbons (Fsp3) is 0.0500. The average Bonchev–Trinajstić information content (AvgIpc) is 2.64. The summed E-state index contributed by atoms with van der Waals surface area (Å²) in [6.45, 7) is 1.97. The normalized spacial score (nSPS) is 14.5. The third-order valence-corrected chi connectivity index (χ3v) is 5.21. The van der Waals surface area contributed by atoms with E-state index >= 15 is 0 Å². The Morgan fingerprint density at radius 2 is 1.80 bits per heavy atom. The minimum Gasteiger partial charge on any atom is -0.451 e. The van der Waals surface area contributed by atoms with Gasteiger partial charge in [-0.3, -0.25) is 4.79 Å². The molecule has 0 unspecified atom stereocenters. The topological polar surface area (TPSA) is 73.9 Å². The standard InChI is InChI=1S/C20H10N2O2S/c1-11-6-7-15-16(8-11)25-20-17(12(9-21)10-22)13-4-2-3-5-14(13)18(23)19(20)24-15/h2-8H,1H3. The van der Waals surface area contributed by atoms with Crippen molar-refractivity contribution in [1.82, 2.24) is 0 Å². The van der Waals surface area contributed by atoms with Crippen LogP contribution >= 0.6 is 11.8 Å². The molecule has 1 aliphatic heterocycles. The van der Waals surface area contributed by atoms with E-state index in [2.05, 4.69) is 0 Å². The van der Waals surface area contributed by atoms with Gasteiger partial charge in [0.05, 0.1) is 9.80 Å². The van der Waals surface area contributed by atoms with E-state index in [1.165, 1.54) is 11.8 Å². The van der Waals surface area contributed by atoms with E-state index in [-0.39, 0.29) is 17.1 Å². The van der Waals surface area contributed by atoms with Crippen molar-refractivity contribution in [2.75, 3.05) is 0 Å². The Kier molecular flexibility index (Phi) is 3.46. The number of aryl methyl sites for hydroxylation is 1. The lowest BCUT2D eigenvalue weighted by molar-refractivity contribution is 0.0982. The van der Waals surface area contributed by atoms with Crippen LogP contribution in [0.4, 0.5) is 0 Å². The zero-order valence-electron chi connectivity index (χ0n) is 13.2. The highest BCUT2D eigenvalue weighted by molar-refractivity contribution is 8.03. The van der Waals surface area contributed by atoms with Gasteiger partial charge in [0.15, 0.2) is 5.76 Å². The Morgan fingerprint density at radius 3 is 2.52 bits per heavy atom. The molecule has 0 amide bonds. The van der Waals surface area contributed by atoms with Crippen molar-refractivity contribution >= 4 is 23.1 Å². The highest BCUT2D eigenvalue weighted by Gasteiger charge is 2.36. The van der Waals surface area contributed by atoms with Crippen LogP contribution in [0.1, 0.15) is 21.5 Å². The Balaban J connectivity index is 2.02. The van der Waals surface area contributed by atoms with Crippen molar-refractivity contribution in [3.05, 3.63) is 75.4 Å². The van der Waals surface area contributed by atoms with Crippen molar-refractivity contribution in [2.45, 2.75) is 11.8 Å². The first-order valence-corrected chi connectivity index (χ1v) is 8.35. The Morgan fingerprint density at radius 1 is 1.08 bits per heavy atom. The first-order chi connectivity index (χ1) is 12.1. The Bertz CT molecular complexity index is 1080. The van der Waals surface area contributed by atoms with E-state index < -0.39 is 0 Å². The molecule has 0 radical (unpaired) electrons. The minimum absolute atomic E-state index is 0.0281. The summed E-state index contributed by atoms with van der Waals surface area (Å²) in [5.41, 5.74) is 2.53. The quantitative estimate of drug-likeness (QED) is 0.664. The molecule has 0 spiro atoms. The molecule has 0 atom stereocenters. The SMILES string of the molecule is Cc1ccc2c(c1)SC1=C(O2)C(=O)c2ccccc2C1=C(C#N)C#N. The third-order valence-electron chi connectivity index (χ3n) is 4.08. The van der Waals surface area contributed by atoms with Crippen molar-refractivity contribution in [3.8, 4) is 17.9 Å². The number of carbonyl (C=O) groups excluding carboxylic acids is 1. The Hall–Kier alpha value is -3.28. The second-order valence-electron chi connectivity index (χ2n) is 5.66. The third kappa shape index (κ3) is 2.26. The predicted octanol–water partition coefficient (Wildman–Crippen LogP) is 4.39. The van der Waals surface area contributed by atoms with E-state index in [4.69, 9.17) is 4.74 Å². The van der Waals surface area contributed by atoms with Crippen molar-refractivity contribution in [2.24, 2.45) is 0 Å². The van der Waals surface area contributed by atoms with Crippen LogP contribution in [0, 0.1) is 29.6 Å². The summed E-state index contributed by atoms with van der Waals surface area (Å²) in [5.74, 6) is 0.554. The second-order valence-corrected chi connectivity index (χ2v) is 6.71. The van der Waals surface area contributed by atoms with Gasteiger partial charge in [-0.1, -0.05) is 42.1 Å². The smallest absolute Gasteiger partial charge is 0.230 e. The van der Waals surface area contributed by atoms with Gasteiger partial charge in [-0.2, -0.15) is 10.5 Å². The summed E-state index contributed by atoms with van der Waals surface area (Å²) < 4.78 is 5.89. The molecule has 4 rings (SSSR count). The molecule has 5 heteroatoms. The lowest BCUT2D eigenvalue weighted by Gasteiger charge is -2.28. The first kappa shape index (κ1) is 15.3. The van der Waals surface area contributed by atoms with Gasteiger partial charge in [-0.25, -0.2) is 0 Å². The van der Waals surface area contributed by atoms with Gasteiger partial charge in [0.1, 0.15) is 23.5 Å². The first-order valence-electron chi connectivity index (χ1n) is 7.53. The number of nitriles is 2. The van der Waals surface area contributed by atoms with Gasteiger partial charge in [0.25, 0.3) is 0 Å². The van der Waals surface area contributed by atoms with E-state index in [0.717, 1.165) is 10.5 Å². The van der Waals surface area contributed by atoms with Crippen LogP contribution in [0.5, 0.6) is 5.75 Å². The zero-order valence-corrected chi connectivity index (χ0v) is 14.0. The van der Waals surface area contributed by atoms with Crippen LogP contribution in [0.3, 0.4) is 0 Å². The molecule has 0 N–H and O–H groups in total. The molecule has 25 heavy (non-hydrogen) atoms. The van der Waals surface area contributed by atoms with E-state index in [0.29, 0.717) is 27.4 Å². The molecule has 0 saturated heterocycles. The number of thioether (sulfide) groups is 1. The zero-order chi connectivity index (χ0) is 17.6. The molecule has 2 aromatic carbocycles. The van der Waals surface area contributed by atoms with Gasteiger partial charge < -0.3 is 4.74 Å². The lowest BCUT2D eigenvalue weighted by atomic mass is 9.88. The predicted molar refractivity (Wildman–Crippen MR) is 93.6 cm³/mol. The lowest BCUT2D eigenvalue weighted by Crippen LogP contribution is -2.21. The largest absolute Gasteiger partial charge is 0.451 e. The highest BCUT2D eigenvalue weighted by Crippen LogP contribution is 2.51. The fourth-order valence-electron chi connectivity index (χ4n) is 2.93. The fourth-order valence-corrected chi connectivity index (χ4v) is 4.15. The van der Waals surface area contributed by atoms with E-state index in [1.807, 2.05) is 37.3 Å². The van der Waals surface area contributed by atoms with Crippen LogP contribution in [0.25, 0.3) is 5.57 Å². The number of carbonyl (C=O) groups is 1. The van der Waals surface area contributed by atoms with Crippen molar-refractivity contribution in [3.63, 3.8) is 0 Å². The van der Waals surface area contributed by atoms with Crippen LogP contribution in [0.15, 0.2) is 63.6 Å². The molecular formula is C20H10N2O2S. The van der Waals surface area contributed by atoms with Crippen LogP contribution in [0.2, 0.25) is 0 Å². The molecule has 0 fully saturated rings. The molecule has 1 heterocycles. The molecule has 2 aliphatic rings. The summed E-state index contributed by atoms with van der Waals surface area (Å²) in [6.07, 6.45) is 0. The summed E-state index contributed by atoms with van der Waals surface area (Å²) in [5, 5.41) is 18.8. The Labute approximate surface area is 148 Å². The summed E-state index contributed by atoms with van der Waals surface area (Å²) >= 11 is 1.36. The molecule has 0 saturated carbocycles. The number of Topliss-reactive ketones (excluding diaryl/α,β-unsaturated/α-hetero) is 1. The molecule has 0 bridgehead atoms. The van der Waals surface area contributed by atoms with Crippen molar-refractivity contribution < 1.29 is 9.53 Å². The van der Waals surface area contributed by atoms with Gasteiger partial charge >= 0.3 is 0 Å². The maximum atomic E-state index is 12.9. The van der Waals surface area contributed by atoms with Crippen molar-refractivity contribution in [1.29, 1.82) is 10.5 Å². The summed E-state index contributed by atoms with van der Waals surface area (Å²) in [6, 6.07) is 16.6. The number of ketones is 1. The second kappa shape index (κ2) is 5.66. The summed E-state index contributed by atoms with van der Waals surface area (Å²) in [4.78, 5) is 14.3.